The summed E-state index contributed by atoms with van der Waals surface area (Å²) >= 11 is 0. The third-order valence-corrected chi connectivity index (χ3v) is 6.86. The maximum Gasteiger partial charge on any atom is 0.322 e. The van der Waals surface area contributed by atoms with Crippen molar-refractivity contribution in [2.45, 2.75) is 31.8 Å². The van der Waals surface area contributed by atoms with E-state index in [1.54, 1.807) is 53.3 Å². The van der Waals surface area contributed by atoms with Crippen molar-refractivity contribution in [1.29, 1.82) is 0 Å². The Morgan fingerprint density at radius 2 is 1.76 bits per heavy atom. The third-order valence-electron chi connectivity index (χ3n) is 6.86. The lowest BCUT2D eigenvalue weighted by Gasteiger charge is -2.28. The van der Waals surface area contributed by atoms with Crippen LogP contribution in [0.1, 0.15) is 24.0 Å². The lowest BCUT2D eigenvalue weighted by molar-refractivity contribution is -0.132. The fourth-order valence-electron chi connectivity index (χ4n) is 4.56. The molecule has 0 bridgehead atoms. The van der Waals surface area contributed by atoms with Crippen LogP contribution < -0.4 is 10.1 Å². The van der Waals surface area contributed by atoms with Crippen molar-refractivity contribution in [3.63, 3.8) is 0 Å². The summed E-state index contributed by atoms with van der Waals surface area (Å²) < 4.78 is 18.7. The molecule has 38 heavy (non-hydrogen) atoms. The zero-order chi connectivity index (χ0) is 26.5. The smallest absolute Gasteiger partial charge is 0.322 e. The number of fused-ring (bicyclic) bond motifs is 1. The maximum atomic E-state index is 13.6. The van der Waals surface area contributed by atoms with Crippen LogP contribution in [0.3, 0.4) is 0 Å². The van der Waals surface area contributed by atoms with Crippen LogP contribution >= 0.6 is 0 Å². The number of carbonyl (C=O) groups excluding carboxylic acids is 2. The van der Waals surface area contributed by atoms with Crippen molar-refractivity contribution in [2.24, 2.45) is 0 Å². The Bertz CT molecular complexity index is 1400. The van der Waals surface area contributed by atoms with Crippen molar-refractivity contribution < 1.29 is 18.7 Å². The zero-order valence-corrected chi connectivity index (χ0v) is 21.3. The fraction of sp³-hybridized carbons (Fsp3) is 0.267. The second-order valence-corrected chi connectivity index (χ2v) is 9.57. The first-order valence-corrected chi connectivity index (χ1v) is 12.8. The molecule has 1 heterocycles. The van der Waals surface area contributed by atoms with Gasteiger partial charge in [0.05, 0.1) is 7.11 Å². The molecule has 0 saturated heterocycles. The van der Waals surface area contributed by atoms with Gasteiger partial charge < -0.3 is 24.8 Å². The van der Waals surface area contributed by atoms with Gasteiger partial charge in [-0.05, 0) is 72.9 Å². The van der Waals surface area contributed by atoms with E-state index >= 15 is 0 Å². The van der Waals surface area contributed by atoms with Crippen LogP contribution in [0.5, 0.6) is 5.75 Å². The second kappa shape index (κ2) is 11.4. The summed E-state index contributed by atoms with van der Waals surface area (Å²) in [5.41, 5.74) is 3.64. The van der Waals surface area contributed by atoms with Crippen molar-refractivity contribution in [3.05, 3.63) is 95.9 Å². The molecule has 3 aromatic carbocycles. The summed E-state index contributed by atoms with van der Waals surface area (Å²) in [5.74, 6) is 0.232. The Labute approximate surface area is 221 Å². The number of hydrogen-bond donors (Lipinski definition) is 2. The highest BCUT2D eigenvalue weighted by molar-refractivity contribution is 5.93. The standard InChI is InChI=1S/C30H31FN4O3/c1-38-26-14-10-24(11-15-26)33-30(37)35(25-12-13-25)20-29(36)34(19-21-6-8-23(31)9-7-21)17-16-22-18-32-28-5-3-2-4-27(22)28/h2-11,14-15,18,25,32H,12-13,16-17,19-20H2,1H3,(H,33,37). The van der Waals surface area contributed by atoms with E-state index in [-0.39, 0.29) is 30.3 Å². The highest BCUT2D eigenvalue weighted by Crippen LogP contribution is 2.28. The minimum atomic E-state index is -0.319. The number of amides is 3. The molecule has 0 spiro atoms. The average molecular weight is 515 g/mol. The molecule has 0 atom stereocenters. The van der Waals surface area contributed by atoms with E-state index in [1.807, 2.05) is 24.4 Å². The van der Waals surface area contributed by atoms with E-state index in [9.17, 15) is 14.0 Å². The number of rotatable bonds is 10. The quantitative estimate of drug-likeness (QED) is 0.290. The number of anilines is 1. The van der Waals surface area contributed by atoms with E-state index < -0.39 is 0 Å². The number of aromatic amines is 1. The Kier molecular flexibility index (Phi) is 7.58. The largest absolute Gasteiger partial charge is 0.497 e. The number of carbonyl (C=O) groups is 2. The summed E-state index contributed by atoms with van der Waals surface area (Å²) in [5, 5.41) is 4.03. The predicted molar refractivity (Wildman–Crippen MR) is 146 cm³/mol. The van der Waals surface area contributed by atoms with Gasteiger partial charge in [0.2, 0.25) is 5.91 Å². The zero-order valence-electron chi connectivity index (χ0n) is 21.3. The van der Waals surface area contributed by atoms with Crippen molar-refractivity contribution >= 4 is 28.5 Å². The van der Waals surface area contributed by atoms with Gasteiger partial charge in [0, 0.05) is 41.9 Å². The Morgan fingerprint density at radius 1 is 1.03 bits per heavy atom. The molecule has 1 aliphatic carbocycles. The van der Waals surface area contributed by atoms with Gasteiger partial charge in [0.15, 0.2) is 0 Å². The summed E-state index contributed by atoms with van der Waals surface area (Å²) in [7, 11) is 1.59. The Balaban J connectivity index is 1.30. The number of benzene rings is 3. The number of H-pyrrole nitrogens is 1. The van der Waals surface area contributed by atoms with Gasteiger partial charge in [0.25, 0.3) is 0 Å². The molecule has 1 aliphatic rings. The third kappa shape index (κ3) is 6.14. The van der Waals surface area contributed by atoms with Gasteiger partial charge in [-0.1, -0.05) is 30.3 Å². The number of ether oxygens (including phenoxy) is 1. The van der Waals surface area contributed by atoms with Crippen molar-refractivity contribution in [3.8, 4) is 5.75 Å². The molecule has 3 amide bonds. The number of hydrogen-bond acceptors (Lipinski definition) is 3. The van der Waals surface area contributed by atoms with Crippen LogP contribution in [0.15, 0.2) is 79.0 Å². The monoisotopic (exact) mass is 514 g/mol. The number of methoxy groups -OCH3 is 1. The van der Waals surface area contributed by atoms with Gasteiger partial charge in [-0.25, -0.2) is 9.18 Å². The predicted octanol–water partition coefficient (Wildman–Crippen LogP) is 5.58. The topological polar surface area (TPSA) is 77.7 Å². The molecule has 8 heteroatoms. The molecule has 7 nitrogen and oxygen atoms in total. The van der Waals surface area contributed by atoms with Crippen LogP contribution in [0.25, 0.3) is 10.9 Å². The fourth-order valence-corrected chi connectivity index (χ4v) is 4.56. The first kappa shape index (κ1) is 25.3. The van der Waals surface area contributed by atoms with Gasteiger partial charge in [-0.15, -0.1) is 0 Å². The first-order chi connectivity index (χ1) is 18.5. The summed E-state index contributed by atoms with van der Waals surface area (Å²) in [4.78, 5) is 33.4. The van der Waals surface area contributed by atoms with Crippen molar-refractivity contribution in [2.75, 3.05) is 25.5 Å². The maximum absolute atomic E-state index is 13.6. The van der Waals surface area contributed by atoms with Crippen LogP contribution in [0, 0.1) is 5.82 Å². The lowest BCUT2D eigenvalue weighted by atomic mass is 10.1. The van der Waals surface area contributed by atoms with Crippen LogP contribution in [0.4, 0.5) is 14.9 Å². The SMILES string of the molecule is COc1ccc(NC(=O)N(CC(=O)N(CCc2c[nH]c3ccccc23)Cc2ccc(F)cc2)C2CC2)cc1. The number of nitrogens with one attached hydrogen (secondary N) is 2. The number of para-hydroxylation sites is 1. The van der Waals surface area contributed by atoms with E-state index in [0.717, 1.165) is 34.9 Å². The number of nitrogens with zero attached hydrogens (tertiary/aromatic N) is 2. The summed E-state index contributed by atoms with van der Waals surface area (Å²) in [6, 6.07) is 21.1. The second-order valence-electron chi connectivity index (χ2n) is 9.57. The molecule has 2 N–H and O–H groups in total. The van der Waals surface area contributed by atoms with E-state index in [0.29, 0.717) is 30.9 Å². The highest BCUT2D eigenvalue weighted by atomic mass is 19.1. The number of halogens is 1. The summed E-state index contributed by atoms with van der Waals surface area (Å²) in [6.45, 7) is 0.776. The Morgan fingerprint density at radius 3 is 2.47 bits per heavy atom. The van der Waals surface area contributed by atoms with Crippen molar-refractivity contribution in [1.82, 2.24) is 14.8 Å². The van der Waals surface area contributed by atoms with E-state index in [2.05, 4.69) is 16.4 Å². The van der Waals surface area contributed by atoms with Crippen LogP contribution in [0.2, 0.25) is 0 Å². The van der Waals surface area contributed by atoms with Gasteiger partial charge in [-0.2, -0.15) is 0 Å². The first-order valence-electron chi connectivity index (χ1n) is 12.8. The van der Waals surface area contributed by atoms with E-state index in [1.165, 1.54) is 12.1 Å². The van der Waals surface area contributed by atoms with E-state index in [4.69, 9.17) is 4.74 Å². The normalized spacial score (nSPS) is 12.8. The molecule has 0 unspecified atom stereocenters. The molecule has 1 aromatic heterocycles. The number of aromatic nitrogens is 1. The average Bonchev–Trinajstić information content (AvgIpc) is 3.70. The molecule has 0 radical (unpaired) electrons. The minimum absolute atomic E-state index is 0.0261. The number of urea groups is 1. The van der Waals surface area contributed by atoms with Crippen LogP contribution in [-0.2, 0) is 17.8 Å². The molecule has 1 saturated carbocycles. The molecule has 1 fully saturated rings. The van der Waals surface area contributed by atoms with Gasteiger partial charge in [0.1, 0.15) is 18.1 Å². The Hall–Kier alpha value is -4.33. The highest BCUT2D eigenvalue weighted by Gasteiger charge is 2.35. The van der Waals surface area contributed by atoms with Gasteiger partial charge in [-0.3, -0.25) is 4.79 Å². The molecule has 5 rings (SSSR count). The molecular formula is C30H31FN4O3. The minimum Gasteiger partial charge on any atom is -0.497 e. The lowest BCUT2D eigenvalue weighted by Crippen LogP contribution is -2.45. The summed E-state index contributed by atoms with van der Waals surface area (Å²) in [6.07, 6.45) is 4.37. The van der Waals surface area contributed by atoms with Crippen LogP contribution in [-0.4, -0.2) is 53.0 Å². The van der Waals surface area contributed by atoms with Gasteiger partial charge >= 0.3 is 6.03 Å². The molecule has 4 aromatic rings. The molecular weight excluding hydrogens is 483 g/mol. The molecule has 0 aliphatic heterocycles. The molecule has 196 valence electrons.